The van der Waals surface area contributed by atoms with Crippen LogP contribution >= 0.6 is 11.8 Å². The van der Waals surface area contributed by atoms with Gasteiger partial charge in [0.15, 0.2) is 0 Å². The summed E-state index contributed by atoms with van der Waals surface area (Å²) >= 11 is 1.86. The van der Waals surface area contributed by atoms with Crippen LogP contribution in [-0.2, 0) is 4.79 Å². The topological polar surface area (TPSA) is 56.6 Å². The van der Waals surface area contributed by atoms with Gasteiger partial charge in [-0.25, -0.2) is 4.68 Å². The molecule has 0 aliphatic carbocycles. The number of rotatable bonds is 4. The number of hydrogen-bond donors (Lipinski definition) is 1. The summed E-state index contributed by atoms with van der Waals surface area (Å²) in [6.07, 6.45) is 2.05. The molecule has 0 unspecified atom stereocenters. The summed E-state index contributed by atoms with van der Waals surface area (Å²) in [5.41, 5.74) is 2.15. The van der Waals surface area contributed by atoms with E-state index < -0.39 is 0 Å². The van der Waals surface area contributed by atoms with Gasteiger partial charge in [-0.2, -0.15) is 5.10 Å². The minimum atomic E-state index is 0.0134. The van der Waals surface area contributed by atoms with E-state index >= 15 is 0 Å². The fourth-order valence-electron chi connectivity index (χ4n) is 4.96. The van der Waals surface area contributed by atoms with Gasteiger partial charge in [0.05, 0.1) is 23.3 Å². The molecule has 1 N–H and O–H groups in total. The van der Waals surface area contributed by atoms with Gasteiger partial charge in [-0.15, -0.1) is 11.8 Å². The van der Waals surface area contributed by atoms with E-state index in [1.807, 2.05) is 22.7 Å². The first-order chi connectivity index (χ1) is 15.2. The number of amides is 1. The van der Waals surface area contributed by atoms with Crippen LogP contribution < -0.4 is 10.2 Å². The molecule has 3 aliphatic rings. The highest BCUT2D eigenvalue weighted by Crippen LogP contribution is 2.25. The molecule has 31 heavy (non-hydrogen) atoms. The molecule has 8 heteroatoms. The largest absolute Gasteiger partial charge is 0.354 e. The van der Waals surface area contributed by atoms with Gasteiger partial charge < -0.3 is 15.1 Å². The van der Waals surface area contributed by atoms with E-state index in [1.165, 1.54) is 5.82 Å². The first-order valence-corrected chi connectivity index (χ1v) is 12.6. The normalized spacial score (nSPS) is 25.2. The molecule has 0 saturated carbocycles. The van der Waals surface area contributed by atoms with Crippen LogP contribution in [0, 0.1) is 6.92 Å². The van der Waals surface area contributed by atoms with Crippen LogP contribution in [0.1, 0.15) is 18.5 Å². The number of piperidine rings is 1. The molecule has 1 aromatic carbocycles. The number of aryl methyl sites for hydroxylation is 1. The zero-order valence-electron chi connectivity index (χ0n) is 18.2. The third kappa shape index (κ3) is 4.47. The van der Waals surface area contributed by atoms with Crippen LogP contribution in [0.25, 0.3) is 5.69 Å². The van der Waals surface area contributed by atoms with Gasteiger partial charge in [0.1, 0.15) is 5.82 Å². The molecule has 0 radical (unpaired) electrons. The van der Waals surface area contributed by atoms with Crippen molar-refractivity contribution >= 4 is 23.5 Å². The van der Waals surface area contributed by atoms with Crippen molar-refractivity contribution in [3.63, 3.8) is 0 Å². The zero-order valence-corrected chi connectivity index (χ0v) is 19.1. The first kappa shape index (κ1) is 20.8. The van der Waals surface area contributed by atoms with E-state index in [1.54, 1.807) is 0 Å². The minimum absolute atomic E-state index is 0.0134. The number of nitrogens with zero attached hydrogens (tertiary/aromatic N) is 5. The summed E-state index contributed by atoms with van der Waals surface area (Å²) in [6, 6.07) is 13.1. The second-order valence-corrected chi connectivity index (χ2v) is 9.82. The van der Waals surface area contributed by atoms with Gasteiger partial charge in [0.25, 0.3) is 0 Å². The molecule has 3 fully saturated rings. The van der Waals surface area contributed by atoms with Gasteiger partial charge in [-0.3, -0.25) is 9.69 Å². The molecule has 1 amide bonds. The van der Waals surface area contributed by atoms with E-state index in [0.717, 1.165) is 75.1 Å². The summed E-state index contributed by atoms with van der Waals surface area (Å²) in [4.78, 5) is 19.7. The lowest BCUT2D eigenvalue weighted by Gasteiger charge is -2.42. The predicted molar refractivity (Wildman–Crippen MR) is 126 cm³/mol. The molecule has 2 aromatic rings. The number of nitrogens with one attached hydrogen (secondary N) is 1. The predicted octanol–water partition coefficient (Wildman–Crippen LogP) is 1.96. The molecule has 5 rings (SSSR count). The number of piperazine rings is 1. The lowest BCUT2D eigenvalue weighted by molar-refractivity contribution is -0.132. The summed E-state index contributed by atoms with van der Waals surface area (Å²) < 4.78 is 2.07. The summed E-state index contributed by atoms with van der Waals surface area (Å²) in [5, 5.41) is 8.29. The lowest BCUT2D eigenvalue weighted by atomic mass is 9.98. The van der Waals surface area contributed by atoms with Crippen LogP contribution in [-0.4, -0.2) is 88.5 Å². The van der Waals surface area contributed by atoms with Gasteiger partial charge in [-0.1, -0.05) is 18.2 Å². The number of aromatic nitrogens is 2. The van der Waals surface area contributed by atoms with E-state index in [-0.39, 0.29) is 6.04 Å². The highest BCUT2D eigenvalue weighted by atomic mass is 32.2. The Kier molecular flexibility index (Phi) is 6.20. The number of thioether (sulfide) groups is 1. The Morgan fingerprint density at radius 1 is 1.10 bits per heavy atom. The Labute approximate surface area is 188 Å². The zero-order chi connectivity index (χ0) is 21.2. The molecular formula is C23H32N6OS. The average molecular weight is 441 g/mol. The number of carbonyl (C=O) groups is 1. The summed E-state index contributed by atoms with van der Waals surface area (Å²) in [6.45, 7) is 7.99. The number of anilines is 1. The number of hydrogen-bond acceptors (Lipinski definition) is 6. The maximum atomic E-state index is 12.7. The van der Waals surface area contributed by atoms with Crippen LogP contribution in [0.2, 0.25) is 0 Å². The van der Waals surface area contributed by atoms with Gasteiger partial charge >= 0.3 is 0 Å². The first-order valence-electron chi connectivity index (χ1n) is 11.4. The van der Waals surface area contributed by atoms with Crippen molar-refractivity contribution in [2.45, 2.75) is 31.8 Å². The Balaban J connectivity index is 1.16. The molecule has 7 nitrogen and oxygen atoms in total. The third-order valence-corrected chi connectivity index (χ3v) is 7.68. The quantitative estimate of drug-likeness (QED) is 0.785. The summed E-state index contributed by atoms with van der Waals surface area (Å²) in [5.74, 6) is 3.42. The molecule has 4 heterocycles. The maximum absolute atomic E-state index is 12.7. The number of para-hydroxylation sites is 1. The Morgan fingerprint density at radius 3 is 2.58 bits per heavy atom. The van der Waals surface area contributed by atoms with E-state index in [4.69, 9.17) is 5.10 Å². The lowest BCUT2D eigenvalue weighted by Crippen LogP contribution is -2.58. The van der Waals surface area contributed by atoms with Gasteiger partial charge in [-0.05, 0) is 31.9 Å². The molecule has 0 spiro atoms. The minimum Gasteiger partial charge on any atom is -0.354 e. The standard InChI is InChI=1S/C23H32N6OS/c1-18-15-22(29(25-18)19-5-3-2-4-6-19)27-11-9-26(10-12-27)20-7-8-21(24-16-20)23(30)28-13-14-31-17-28/h2-6,15,20-21,24H,7-14,16-17H2,1H3/t20-,21-/m0/s1. The number of benzene rings is 1. The monoisotopic (exact) mass is 440 g/mol. The van der Waals surface area contributed by atoms with Crippen molar-refractivity contribution in [2.75, 3.05) is 55.8 Å². The van der Waals surface area contributed by atoms with E-state index in [0.29, 0.717) is 11.9 Å². The van der Waals surface area contributed by atoms with Gasteiger partial charge in [0.2, 0.25) is 5.91 Å². The second kappa shape index (κ2) is 9.22. The fourth-order valence-corrected chi connectivity index (χ4v) is 5.91. The Hall–Kier alpha value is -2.03. The molecule has 166 valence electrons. The van der Waals surface area contributed by atoms with Gasteiger partial charge in [0, 0.05) is 57.1 Å². The molecule has 3 saturated heterocycles. The van der Waals surface area contributed by atoms with E-state index in [2.05, 4.69) is 57.1 Å². The van der Waals surface area contributed by atoms with Crippen molar-refractivity contribution in [1.29, 1.82) is 0 Å². The van der Waals surface area contributed by atoms with Crippen LogP contribution in [0.15, 0.2) is 36.4 Å². The van der Waals surface area contributed by atoms with Crippen molar-refractivity contribution in [1.82, 2.24) is 24.9 Å². The Bertz CT molecular complexity index is 881. The average Bonchev–Trinajstić information content (AvgIpc) is 3.50. The highest BCUT2D eigenvalue weighted by Gasteiger charge is 2.33. The van der Waals surface area contributed by atoms with Crippen molar-refractivity contribution in [3.8, 4) is 5.69 Å². The smallest absolute Gasteiger partial charge is 0.240 e. The van der Waals surface area contributed by atoms with Crippen molar-refractivity contribution < 1.29 is 4.79 Å². The fraction of sp³-hybridized carbons (Fsp3) is 0.565. The molecule has 0 bridgehead atoms. The third-order valence-electron chi connectivity index (χ3n) is 6.72. The Morgan fingerprint density at radius 2 is 1.90 bits per heavy atom. The highest BCUT2D eigenvalue weighted by molar-refractivity contribution is 7.99. The van der Waals surface area contributed by atoms with Crippen LogP contribution in [0.5, 0.6) is 0 Å². The van der Waals surface area contributed by atoms with E-state index in [9.17, 15) is 4.79 Å². The number of carbonyl (C=O) groups excluding carboxylic acids is 1. The molecule has 1 aromatic heterocycles. The molecule has 2 atom stereocenters. The second-order valence-electron chi connectivity index (χ2n) is 8.75. The van der Waals surface area contributed by atoms with Crippen LogP contribution in [0.3, 0.4) is 0 Å². The summed E-state index contributed by atoms with van der Waals surface area (Å²) in [7, 11) is 0. The maximum Gasteiger partial charge on any atom is 0.240 e. The van der Waals surface area contributed by atoms with Crippen molar-refractivity contribution in [3.05, 3.63) is 42.1 Å². The molecular weight excluding hydrogens is 408 g/mol. The van der Waals surface area contributed by atoms with Crippen LogP contribution in [0.4, 0.5) is 5.82 Å². The SMILES string of the molecule is Cc1cc(N2CCN([C@H]3CC[C@@H](C(=O)N4CCSC4)NC3)CC2)n(-c2ccccc2)n1. The van der Waals surface area contributed by atoms with Crippen molar-refractivity contribution in [2.24, 2.45) is 0 Å². The molecule has 3 aliphatic heterocycles.